The highest BCUT2D eigenvalue weighted by Gasteiger charge is 2.25. The van der Waals surface area contributed by atoms with E-state index in [0.29, 0.717) is 0 Å². The van der Waals surface area contributed by atoms with Gasteiger partial charge >= 0.3 is 0 Å². The number of furan rings is 2. The summed E-state index contributed by atoms with van der Waals surface area (Å²) in [5.41, 5.74) is 8.99. The molecule has 0 unspecified atom stereocenters. The van der Waals surface area contributed by atoms with Crippen LogP contribution in [0.5, 0.6) is 0 Å². The first-order valence-electron chi connectivity index (χ1n) is 15.2. The van der Waals surface area contributed by atoms with Crippen molar-refractivity contribution in [1.82, 2.24) is 0 Å². The number of anilines is 3. The van der Waals surface area contributed by atoms with Crippen LogP contribution in [0.3, 0.4) is 0 Å². The summed E-state index contributed by atoms with van der Waals surface area (Å²) in [4.78, 5) is 2.34. The van der Waals surface area contributed by atoms with Crippen LogP contribution in [0.1, 0.15) is 0 Å². The Balaban J connectivity index is 1.31. The predicted octanol–water partition coefficient (Wildman–Crippen LogP) is 12.3. The van der Waals surface area contributed by atoms with Crippen molar-refractivity contribution in [2.24, 2.45) is 0 Å². The van der Waals surface area contributed by atoms with Crippen LogP contribution in [-0.4, -0.2) is 0 Å². The molecule has 2 heterocycles. The van der Waals surface area contributed by atoms with Crippen LogP contribution < -0.4 is 4.90 Å². The summed E-state index contributed by atoms with van der Waals surface area (Å²) < 4.78 is 13.0. The number of hydrogen-bond donors (Lipinski definition) is 0. The molecule has 3 heteroatoms. The fraction of sp³-hybridized carbons (Fsp3) is 0. The normalized spacial score (nSPS) is 11.6. The zero-order valence-electron chi connectivity index (χ0n) is 24.4. The molecule has 212 valence electrons. The number of hydrogen-bond acceptors (Lipinski definition) is 3. The second-order valence-electron chi connectivity index (χ2n) is 11.3. The summed E-state index contributed by atoms with van der Waals surface area (Å²) in [7, 11) is 0. The van der Waals surface area contributed by atoms with Crippen molar-refractivity contribution in [2.45, 2.75) is 0 Å². The van der Waals surface area contributed by atoms with E-state index in [1.54, 1.807) is 0 Å². The molecular weight excluding hydrogens is 550 g/mol. The Bertz CT molecular complexity index is 2470. The first-order chi connectivity index (χ1) is 22.3. The Labute approximate surface area is 260 Å². The number of nitrogens with zero attached hydrogens (tertiary/aromatic N) is 1. The molecule has 0 aliphatic heterocycles. The highest BCUT2D eigenvalue weighted by atomic mass is 16.3. The summed E-state index contributed by atoms with van der Waals surface area (Å²) in [6.45, 7) is 0. The minimum Gasteiger partial charge on any atom is -0.456 e. The van der Waals surface area contributed by atoms with Gasteiger partial charge in [0.2, 0.25) is 0 Å². The van der Waals surface area contributed by atoms with Gasteiger partial charge in [0, 0.05) is 33.8 Å². The van der Waals surface area contributed by atoms with Gasteiger partial charge < -0.3 is 13.7 Å². The molecule has 0 radical (unpaired) electrons. The van der Waals surface area contributed by atoms with Gasteiger partial charge in [-0.1, -0.05) is 121 Å². The third-order valence-corrected chi connectivity index (χ3v) is 8.66. The maximum absolute atomic E-state index is 6.55. The van der Waals surface area contributed by atoms with Gasteiger partial charge in [-0.15, -0.1) is 0 Å². The van der Waals surface area contributed by atoms with E-state index >= 15 is 0 Å². The van der Waals surface area contributed by atoms with Crippen molar-refractivity contribution in [1.29, 1.82) is 0 Å². The standard InChI is InChI=1S/C42H27NO2/c1-3-13-30(14-4-1)38-26-36-39(45-38)27-40-41(35-19-9-10-21-37(35)44-40)42(36)43(31-16-5-2-6-17-31)32-24-22-29(23-25-32)34-20-11-15-28-12-7-8-18-33(28)34/h1-27H. The average molecular weight is 578 g/mol. The molecule has 0 saturated carbocycles. The van der Waals surface area contributed by atoms with Crippen molar-refractivity contribution in [3.8, 4) is 22.5 Å². The van der Waals surface area contributed by atoms with Gasteiger partial charge in [-0.05, 0) is 58.3 Å². The highest BCUT2D eigenvalue weighted by molar-refractivity contribution is 6.21. The fourth-order valence-electron chi connectivity index (χ4n) is 6.59. The Hall–Kier alpha value is -6.06. The first kappa shape index (κ1) is 25.4. The number of rotatable bonds is 5. The van der Waals surface area contributed by atoms with Crippen molar-refractivity contribution in [3.05, 3.63) is 164 Å². The molecule has 0 bridgehead atoms. The molecule has 0 spiro atoms. The molecule has 0 saturated heterocycles. The van der Waals surface area contributed by atoms with Crippen LogP contribution in [-0.2, 0) is 0 Å². The lowest BCUT2D eigenvalue weighted by molar-refractivity contribution is 0.628. The van der Waals surface area contributed by atoms with E-state index in [9.17, 15) is 0 Å². The zero-order chi connectivity index (χ0) is 29.7. The minimum absolute atomic E-state index is 0.781. The van der Waals surface area contributed by atoms with Gasteiger partial charge in [0.15, 0.2) is 0 Å². The monoisotopic (exact) mass is 577 g/mol. The topological polar surface area (TPSA) is 29.5 Å². The third kappa shape index (κ3) is 4.21. The smallest absolute Gasteiger partial charge is 0.141 e. The van der Waals surface area contributed by atoms with Crippen molar-refractivity contribution >= 4 is 60.7 Å². The molecule has 7 aromatic carbocycles. The molecule has 0 amide bonds. The van der Waals surface area contributed by atoms with E-state index < -0.39 is 0 Å². The van der Waals surface area contributed by atoms with Gasteiger partial charge in [0.25, 0.3) is 0 Å². The van der Waals surface area contributed by atoms with Gasteiger partial charge in [0.05, 0.1) is 11.1 Å². The van der Waals surface area contributed by atoms with E-state index in [1.807, 2.05) is 36.4 Å². The first-order valence-corrected chi connectivity index (χ1v) is 15.2. The zero-order valence-corrected chi connectivity index (χ0v) is 24.4. The minimum atomic E-state index is 0.781. The van der Waals surface area contributed by atoms with E-state index in [4.69, 9.17) is 8.83 Å². The number of para-hydroxylation sites is 2. The fourth-order valence-corrected chi connectivity index (χ4v) is 6.59. The highest BCUT2D eigenvalue weighted by Crippen LogP contribution is 2.48. The largest absolute Gasteiger partial charge is 0.456 e. The van der Waals surface area contributed by atoms with Crippen LogP contribution in [0, 0.1) is 0 Å². The van der Waals surface area contributed by atoms with Gasteiger partial charge in [-0.2, -0.15) is 0 Å². The van der Waals surface area contributed by atoms with Gasteiger partial charge in [-0.25, -0.2) is 0 Å². The van der Waals surface area contributed by atoms with Gasteiger partial charge in [-0.3, -0.25) is 0 Å². The summed E-state index contributed by atoms with van der Waals surface area (Å²) in [6, 6.07) is 57.2. The Morgan fingerprint density at radius 1 is 0.400 bits per heavy atom. The second-order valence-corrected chi connectivity index (χ2v) is 11.3. The number of benzene rings is 7. The average Bonchev–Trinajstić information content (AvgIpc) is 3.71. The summed E-state index contributed by atoms with van der Waals surface area (Å²) in [5, 5.41) is 5.63. The summed E-state index contributed by atoms with van der Waals surface area (Å²) >= 11 is 0. The maximum atomic E-state index is 6.55. The molecule has 0 atom stereocenters. The molecule has 9 aromatic rings. The lowest BCUT2D eigenvalue weighted by Gasteiger charge is -2.27. The molecular formula is C42H27NO2. The predicted molar refractivity (Wildman–Crippen MR) is 187 cm³/mol. The van der Waals surface area contributed by atoms with E-state index in [2.05, 4.69) is 132 Å². The summed E-state index contributed by atoms with van der Waals surface area (Å²) in [6.07, 6.45) is 0. The summed E-state index contributed by atoms with van der Waals surface area (Å²) in [5.74, 6) is 0.822. The third-order valence-electron chi connectivity index (χ3n) is 8.66. The van der Waals surface area contributed by atoms with E-state index in [0.717, 1.165) is 61.3 Å². The van der Waals surface area contributed by atoms with E-state index in [-0.39, 0.29) is 0 Å². The van der Waals surface area contributed by atoms with E-state index in [1.165, 1.54) is 21.9 Å². The Morgan fingerprint density at radius 2 is 1.07 bits per heavy atom. The van der Waals surface area contributed by atoms with Crippen LogP contribution in [0.2, 0.25) is 0 Å². The molecule has 0 N–H and O–H groups in total. The lowest BCUT2D eigenvalue weighted by Crippen LogP contribution is -2.10. The SMILES string of the molecule is c1ccc(-c2cc3c(N(c4ccccc4)c4ccc(-c5cccc6ccccc56)cc4)c4c(cc3o2)oc2ccccc24)cc1. The molecule has 2 aromatic heterocycles. The Kier molecular flexibility index (Phi) is 5.82. The molecule has 0 aliphatic carbocycles. The number of fused-ring (bicyclic) bond motifs is 5. The van der Waals surface area contributed by atoms with Crippen LogP contribution in [0.25, 0.3) is 66.1 Å². The molecule has 9 rings (SSSR count). The van der Waals surface area contributed by atoms with Crippen molar-refractivity contribution < 1.29 is 8.83 Å². The maximum Gasteiger partial charge on any atom is 0.141 e. The Morgan fingerprint density at radius 3 is 1.89 bits per heavy atom. The van der Waals surface area contributed by atoms with Crippen LogP contribution >= 0.6 is 0 Å². The molecule has 0 fully saturated rings. The van der Waals surface area contributed by atoms with Crippen molar-refractivity contribution in [3.63, 3.8) is 0 Å². The lowest BCUT2D eigenvalue weighted by atomic mass is 9.98. The quantitative estimate of drug-likeness (QED) is 0.204. The molecule has 3 nitrogen and oxygen atoms in total. The second kappa shape index (κ2) is 10.3. The molecule has 0 aliphatic rings. The van der Waals surface area contributed by atoms with Gasteiger partial charge in [0.1, 0.15) is 22.5 Å². The van der Waals surface area contributed by atoms with Crippen molar-refractivity contribution in [2.75, 3.05) is 4.90 Å². The van der Waals surface area contributed by atoms with Crippen LogP contribution in [0.15, 0.2) is 173 Å². The molecule has 45 heavy (non-hydrogen) atoms. The van der Waals surface area contributed by atoms with Crippen LogP contribution in [0.4, 0.5) is 17.1 Å².